The predicted molar refractivity (Wildman–Crippen MR) is 173 cm³/mol. The van der Waals surface area contributed by atoms with Gasteiger partial charge in [0.25, 0.3) is 0 Å². The second-order valence-electron chi connectivity index (χ2n) is 10.7. The predicted octanol–water partition coefficient (Wildman–Crippen LogP) is 11.2. The Morgan fingerprint density at radius 1 is 0.775 bits per heavy atom. The Bertz CT molecular complexity index is 1700. The van der Waals surface area contributed by atoms with Crippen molar-refractivity contribution in [1.82, 2.24) is 0 Å². The highest BCUT2D eigenvalue weighted by Crippen LogP contribution is 2.60. The number of benzene rings is 4. The summed E-state index contributed by atoms with van der Waals surface area (Å²) in [4.78, 5) is 5.36. The molecule has 40 heavy (non-hydrogen) atoms. The fourth-order valence-electron chi connectivity index (χ4n) is 6.31. The van der Waals surface area contributed by atoms with E-state index in [4.69, 9.17) is 0 Å². The highest BCUT2D eigenvalue weighted by molar-refractivity contribution is 8.03. The van der Waals surface area contributed by atoms with Gasteiger partial charge in [-0.25, -0.2) is 0 Å². The van der Waals surface area contributed by atoms with Crippen LogP contribution < -0.4 is 0 Å². The molecule has 4 aromatic rings. The third-order valence-electron chi connectivity index (χ3n) is 8.15. The first kappa shape index (κ1) is 25.5. The van der Waals surface area contributed by atoms with E-state index in [1.54, 1.807) is 0 Å². The number of fused-ring (bicyclic) bond motifs is 6. The smallest absolute Gasteiger partial charge is 0.0685 e. The van der Waals surface area contributed by atoms with E-state index in [0.29, 0.717) is 0 Å². The summed E-state index contributed by atoms with van der Waals surface area (Å²) in [5, 5.41) is 0. The zero-order valence-electron chi connectivity index (χ0n) is 22.8. The molecule has 196 valence electrons. The van der Waals surface area contributed by atoms with Crippen molar-refractivity contribution < 1.29 is 0 Å². The Hall–Kier alpha value is -3.46. The normalized spacial score (nSPS) is 19.1. The number of allylic oxidation sites excluding steroid dienone is 7. The molecule has 0 aromatic heterocycles. The number of unbranched alkanes of at least 4 members (excludes halogenated alkanes) is 1. The molecule has 4 aromatic carbocycles. The van der Waals surface area contributed by atoms with Gasteiger partial charge in [0.05, 0.1) is 5.41 Å². The quantitative estimate of drug-likeness (QED) is 0.241. The number of hydrogen-bond donors (Lipinski definition) is 0. The Morgan fingerprint density at radius 2 is 1.60 bits per heavy atom. The second-order valence-corrected chi connectivity index (χ2v) is 12.9. The van der Waals surface area contributed by atoms with E-state index >= 15 is 0 Å². The van der Waals surface area contributed by atoms with Crippen molar-refractivity contribution in [2.24, 2.45) is 0 Å². The van der Waals surface area contributed by atoms with Crippen molar-refractivity contribution in [1.29, 1.82) is 0 Å². The van der Waals surface area contributed by atoms with Crippen LogP contribution in [0.2, 0.25) is 0 Å². The highest BCUT2D eigenvalue weighted by Gasteiger charge is 2.46. The van der Waals surface area contributed by atoms with Gasteiger partial charge in [-0.3, -0.25) is 0 Å². The molecule has 1 atom stereocenters. The van der Waals surface area contributed by atoms with E-state index in [2.05, 4.69) is 134 Å². The van der Waals surface area contributed by atoms with Crippen molar-refractivity contribution in [3.05, 3.63) is 155 Å². The summed E-state index contributed by atoms with van der Waals surface area (Å²) in [5.41, 5.74) is 9.15. The fourth-order valence-corrected chi connectivity index (χ4v) is 8.67. The van der Waals surface area contributed by atoms with E-state index in [0.717, 1.165) is 25.7 Å². The van der Waals surface area contributed by atoms with Gasteiger partial charge in [0, 0.05) is 19.6 Å². The highest BCUT2D eigenvalue weighted by atomic mass is 32.2. The van der Waals surface area contributed by atoms with Gasteiger partial charge in [0.2, 0.25) is 0 Å². The van der Waals surface area contributed by atoms with E-state index in [1.807, 2.05) is 23.5 Å². The summed E-state index contributed by atoms with van der Waals surface area (Å²) >= 11 is 3.83. The van der Waals surface area contributed by atoms with Crippen LogP contribution in [0.15, 0.2) is 147 Å². The van der Waals surface area contributed by atoms with Crippen molar-refractivity contribution in [2.75, 3.05) is 0 Å². The summed E-state index contributed by atoms with van der Waals surface area (Å²) in [7, 11) is 0. The average Bonchev–Trinajstić information content (AvgIpc) is 3.02. The summed E-state index contributed by atoms with van der Waals surface area (Å²) in [6, 6.07) is 34.1. The number of thioether (sulfide) groups is 1. The lowest BCUT2D eigenvalue weighted by Crippen LogP contribution is -2.34. The maximum Gasteiger partial charge on any atom is 0.0685 e. The average molecular weight is 553 g/mol. The van der Waals surface area contributed by atoms with Gasteiger partial charge in [0.15, 0.2) is 0 Å². The molecule has 2 aliphatic heterocycles. The summed E-state index contributed by atoms with van der Waals surface area (Å²) in [6.45, 7) is 2.25. The summed E-state index contributed by atoms with van der Waals surface area (Å²) < 4.78 is 0. The minimum atomic E-state index is -0.392. The van der Waals surface area contributed by atoms with Gasteiger partial charge >= 0.3 is 0 Å². The molecule has 1 aliphatic carbocycles. The molecule has 2 heteroatoms. The maximum atomic E-state index is 2.58. The molecule has 2 heterocycles. The molecule has 0 N–H and O–H groups in total. The summed E-state index contributed by atoms with van der Waals surface area (Å²) in [6.07, 6.45) is 18.5. The lowest BCUT2D eigenvalue weighted by Gasteiger charge is -2.44. The van der Waals surface area contributed by atoms with Crippen LogP contribution in [0.5, 0.6) is 0 Å². The Balaban J connectivity index is 1.58. The lowest BCUT2D eigenvalue weighted by molar-refractivity contribution is 0.712. The van der Waals surface area contributed by atoms with Gasteiger partial charge in [0.1, 0.15) is 0 Å². The summed E-state index contributed by atoms with van der Waals surface area (Å²) in [5.74, 6) is 0. The first-order chi connectivity index (χ1) is 19.8. The minimum absolute atomic E-state index is 0.392. The number of hydrogen-bond acceptors (Lipinski definition) is 2. The first-order valence-electron chi connectivity index (χ1n) is 14.3. The lowest BCUT2D eigenvalue weighted by atomic mass is 9.66. The topological polar surface area (TPSA) is 0 Å². The van der Waals surface area contributed by atoms with Gasteiger partial charge in [-0.2, -0.15) is 0 Å². The molecule has 0 fully saturated rings. The van der Waals surface area contributed by atoms with E-state index in [-0.39, 0.29) is 0 Å². The Morgan fingerprint density at radius 3 is 2.45 bits per heavy atom. The molecule has 3 aliphatic rings. The van der Waals surface area contributed by atoms with Crippen molar-refractivity contribution >= 4 is 29.1 Å². The molecular weight excluding hydrogens is 521 g/mol. The second kappa shape index (κ2) is 10.8. The standard InChI is InChI=1S/C38H32S2/c1-2-3-6-18-30-26-38(32-20-11-12-21-34(32)39-30)33-25-29(27-14-7-4-8-15-27)23-24-35(33)40-36-22-13-19-31(37(36)38)28-16-9-5-10-17-28/h4-7,9-14,16-26H,2-3,8,15H2,1H3/b18-6-. The zero-order chi connectivity index (χ0) is 26.9. The van der Waals surface area contributed by atoms with E-state index < -0.39 is 5.41 Å². The molecule has 7 rings (SSSR count). The monoisotopic (exact) mass is 552 g/mol. The molecular formula is C38H32S2. The van der Waals surface area contributed by atoms with Crippen LogP contribution in [0.3, 0.4) is 0 Å². The molecule has 0 nitrogen and oxygen atoms in total. The van der Waals surface area contributed by atoms with Gasteiger partial charge in [-0.05, 0) is 82.5 Å². The third-order valence-corrected chi connectivity index (χ3v) is 10.4. The molecule has 0 amide bonds. The first-order valence-corrected chi connectivity index (χ1v) is 16.0. The zero-order valence-corrected chi connectivity index (χ0v) is 24.4. The maximum absolute atomic E-state index is 2.58. The molecule has 1 unspecified atom stereocenters. The third kappa shape index (κ3) is 4.35. The minimum Gasteiger partial charge on any atom is -0.0900 e. The van der Waals surface area contributed by atoms with Gasteiger partial charge in [-0.15, -0.1) is 0 Å². The van der Waals surface area contributed by atoms with Crippen molar-refractivity contribution in [3.8, 4) is 11.1 Å². The van der Waals surface area contributed by atoms with Crippen LogP contribution in [0, 0.1) is 0 Å². The Kier molecular flexibility index (Phi) is 6.91. The fraction of sp³-hybridized carbons (Fsp3) is 0.158. The van der Waals surface area contributed by atoms with E-state index in [9.17, 15) is 0 Å². The van der Waals surface area contributed by atoms with Gasteiger partial charge in [-0.1, -0.05) is 140 Å². The van der Waals surface area contributed by atoms with Crippen LogP contribution in [-0.2, 0) is 5.41 Å². The molecule has 0 saturated carbocycles. The van der Waals surface area contributed by atoms with Crippen LogP contribution >= 0.6 is 23.5 Å². The van der Waals surface area contributed by atoms with E-state index in [1.165, 1.54) is 58.5 Å². The van der Waals surface area contributed by atoms with Crippen molar-refractivity contribution in [2.45, 2.75) is 52.7 Å². The van der Waals surface area contributed by atoms with Crippen molar-refractivity contribution in [3.63, 3.8) is 0 Å². The van der Waals surface area contributed by atoms with Crippen LogP contribution in [0.1, 0.15) is 54.9 Å². The van der Waals surface area contributed by atoms with Gasteiger partial charge < -0.3 is 0 Å². The largest absolute Gasteiger partial charge is 0.0900 e. The SMILES string of the molecule is CCC/C=C\C1=CC2(c3ccccc3S1)c1cc(C3=CC=CCC3)ccc1Sc1cccc(-c3ccccc3)c12. The molecule has 0 radical (unpaired) electrons. The molecule has 0 bridgehead atoms. The van der Waals surface area contributed by atoms with Crippen LogP contribution in [0.25, 0.3) is 16.7 Å². The van der Waals surface area contributed by atoms with Crippen LogP contribution in [-0.4, -0.2) is 0 Å². The van der Waals surface area contributed by atoms with Crippen LogP contribution in [0.4, 0.5) is 0 Å². The molecule has 0 saturated heterocycles. The molecule has 1 spiro atoms. The number of rotatable bonds is 5. The Labute approximate surface area is 246 Å².